The van der Waals surface area contributed by atoms with Crippen LogP contribution in [0.3, 0.4) is 0 Å². The Kier molecular flexibility index (Phi) is 3.95. The van der Waals surface area contributed by atoms with Crippen molar-refractivity contribution in [1.29, 1.82) is 5.26 Å². The number of carbonyl (C=O) groups is 1. The first-order valence-corrected chi connectivity index (χ1v) is 4.28. The molecule has 0 aliphatic carbocycles. The number of nitrogens with zero attached hydrogens (tertiary/aromatic N) is 1. The first-order valence-electron chi connectivity index (χ1n) is 4.28. The number of ketones is 1. The average Bonchev–Trinajstić information content (AvgIpc) is 1.85. The van der Waals surface area contributed by atoms with Gasteiger partial charge in [-0.2, -0.15) is 5.26 Å². The van der Waals surface area contributed by atoms with Crippen LogP contribution in [0.2, 0.25) is 0 Å². The Morgan fingerprint density at radius 3 is 2.33 bits per heavy atom. The van der Waals surface area contributed by atoms with Gasteiger partial charge in [0.1, 0.15) is 5.78 Å². The second-order valence-corrected chi connectivity index (χ2v) is 4.34. The van der Waals surface area contributed by atoms with Crippen molar-refractivity contribution in [3.8, 4) is 6.07 Å². The third-order valence-electron chi connectivity index (χ3n) is 1.81. The molecule has 2 nitrogen and oxygen atoms in total. The number of Topliss-reactive ketones (excluding diaryl/α,β-unsaturated/α-hetero) is 1. The number of nitriles is 1. The van der Waals surface area contributed by atoms with Crippen molar-refractivity contribution in [2.24, 2.45) is 11.3 Å². The summed E-state index contributed by atoms with van der Waals surface area (Å²) in [5.74, 6) is 0.437. The number of rotatable bonds is 3. The second-order valence-electron chi connectivity index (χ2n) is 4.34. The molecule has 1 unspecified atom stereocenters. The minimum Gasteiger partial charge on any atom is -0.299 e. The van der Waals surface area contributed by atoms with Gasteiger partial charge in [-0.1, -0.05) is 27.7 Å². The van der Waals surface area contributed by atoms with E-state index < -0.39 is 0 Å². The third kappa shape index (κ3) is 4.12. The van der Waals surface area contributed by atoms with Crippen LogP contribution in [0.25, 0.3) is 0 Å². The molecule has 0 aliphatic heterocycles. The molecule has 0 aromatic rings. The van der Waals surface area contributed by atoms with E-state index in [1.807, 2.05) is 27.7 Å². The van der Waals surface area contributed by atoms with Crippen LogP contribution in [0.15, 0.2) is 0 Å². The zero-order valence-corrected chi connectivity index (χ0v) is 8.35. The summed E-state index contributed by atoms with van der Waals surface area (Å²) in [4.78, 5) is 11.4. The van der Waals surface area contributed by atoms with Crippen LogP contribution in [-0.2, 0) is 4.79 Å². The summed E-state index contributed by atoms with van der Waals surface area (Å²) in [6, 6.07) is 2.07. The van der Waals surface area contributed by atoms with Crippen LogP contribution < -0.4 is 0 Å². The van der Waals surface area contributed by atoms with E-state index in [2.05, 4.69) is 6.07 Å². The average molecular weight is 167 g/mol. The highest BCUT2D eigenvalue weighted by Gasteiger charge is 2.22. The Morgan fingerprint density at radius 1 is 1.50 bits per heavy atom. The molecule has 68 valence electrons. The van der Waals surface area contributed by atoms with Gasteiger partial charge in [-0.15, -0.1) is 0 Å². The first-order chi connectivity index (χ1) is 5.38. The molecule has 0 aromatic carbocycles. The molecule has 0 aromatic heterocycles. The van der Waals surface area contributed by atoms with Gasteiger partial charge >= 0.3 is 0 Å². The predicted octanol–water partition coefficient (Wildman–Crippen LogP) is 2.54. The van der Waals surface area contributed by atoms with Crippen molar-refractivity contribution in [2.75, 3.05) is 0 Å². The second kappa shape index (κ2) is 4.25. The summed E-state index contributed by atoms with van der Waals surface area (Å²) in [7, 11) is 0. The predicted molar refractivity (Wildman–Crippen MR) is 48.5 cm³/mol. The lowest BCUT2D eigenvalue weighted by Gasteiger charge is -2.18. The Hall–Kier alpha value is -0.840. The SMILES string of the molecule is CC(CC#N)CC(=O)C(C)(C)C. The standard InChI is InChI=1S/C10H17NO/c1-8(5-6-11)7-9(12)10(2,3)4/h8H,5,7H2,1-4H3. The minimum atomic E-state index is -0.260. The molecule has 1 atom stereocenters. The zero-order chi connectivity index (χ0) is 9.78. The van der Waals surface area contributed by atoms with E-state index in [1.165, 1.54) is 0 Å². The smallest absolute Gasteiger partial charge is 0.138 e. The highest BCUT2D eigenvalue weighted by molar-refractivity contribution is 5.83. The van der Waals surface area contributed by atoms with Gasteiger partial charge in [-0.3, -0.25) is 4.79 Å². The highest BCUT2D eigenvalue weighted by atomic mass is 16.1. The molecule has 0 aliphatic rings. The van der Waals surface area contributed by atoms with Gasteiger partial charge in [-0.25, -0.2) is 0 Å². The van der Waals surface area contributed by atoms with Crippen molar-refractivity contribution in [3.63, 3.8) is 0 Å². The number of hydrogen-bond donors (Lipinski definition) is 0. The molecule has 0 bridgehead atoms. The van der Waals surface area contributed by atoms with Crippen LogP contribution in [0.4, 0.5) is 0 Å². The molecule has 2 heteroatoms. The van der Waals surface area contributed by atoms with Crippen LogP contribution in [-0.4, -0.2) is 5.78 Å². The zero-order valence-electron chi connectivity index (χ0n) is 8.35. The lowest BCUT2D eigenvalue weighted by molar-refractivity contribution is -0.127. The van der Waals surface area contributed by atoms with Crippen molar-refractivity contribution in [2.45, 2.75) is 40.5 Å². The van der Waals surface area contributed by atoms with Crippen LogP contribution >= 0.6 is 0 Å². The fraction of sp³-hybridized carbons (Fsp3) is 0.800. The summed E-state index contributed by atoms with van der Waals surface area (Å²) in [6.45, 7) is 7.67. The largest absolute Gasteiger partial charge is 0.299 e. The van der Waals surface area contributed by atoms with E-state index in [0.717, 1.165) is 0 Å². The topological polar surface area (TPSA) is 40.9 Å². The van der Waals surface area contributed by atoms with Gasteiger partial charge in [0.05, 0.1) is 6.07 Å². The van der Waals surface area contributed by atoms with E-state index in [1.54, 1.807) is 0 Å². The van der Waals surface area contributed by atoms with E-state index in [-0.39, 0.29) is 17.1 Å². The molecule has 0 spiro atoms. The monoisotopic (exact) mass is 167 g/mol. The summed E-state index contributed by atoms with van der Waals surface area (Å²) in [6.07, 6.45) is 0.999. The molecule has 0 fully saturated rings. The minimum absolute atomic E-state index is 0.196. The summed E-state index contributed by atoms with van der Waals surface area (Å²) >= 11 is 0. The lowest BCUT2D eigenvalue weighted by Crippen LogP contribution is -2.22. The fourth-order valence-corrected chi connectivity index (χ4v) is 0.851. The van der Waals surface area contributed by atoms with Gasteiger partial charge in [0.15, 0.2) is 0 Å². The Morgan fingerprint density at radius 2 is 2.00 bits per heavy atom. The van der Waals surface area contributed by atoms with E-state index in [4.69, 9.17) is 5.26 Å². The normalized spacial score (nSPS) is 13.6. The molecule has 0 saturated heterocycles. The van der Waals surface area contributed by atoms with Crippen LogP contribution in [0, 0.1) is 22.7 Å². The lowest BCUT2D eigenvalue weighted by atomic mass is 9.85. The van der Waals surface area contributed by atoms with Gasteiger partial charge in [0.25, 0.3) is 0 Å². The van der Waals surface area contributed by atoms with Gasteiger partial charge in [0, 0.05) is 18.3 Å². The summed E-state index contributed by atoms with van der Waals surface area (Å²) in [5.41, 5.74) is -0.260. The molecular weight excluding hydrogens is 150 g/mol. The van der Waals surface area contributed by atoms with Gasteiger partial charge in [-0.05, 0) is 5.92 Å². The van der Waals surface area contributed by atoms with Crippen LogP contribution in [0.1, 0.15) is 40.5 Å². The van der Waals surface area contributed by atoms with Gasteiger partial charge < -0.3 is 0 Å². The number of carbonyl (C=O) groups excluding carboxylic acids is 1. The van der Waals surface area contributed by atoms with Gasteiger partial charge in [0.2, 0.25) is 0 Å². The summed E-state index contributed by atoms with van der Waals surface area (Å²) < 4.78 is 0. The molecule has 0 radical (unpaired) electrons. The maximum atomic E-state index is 11.4. The fourth-order valence-electron chi connectivity index (χ4n) is 0.851. The first kappa shape index (κ1) is 11.2. The molecule has 0 heterocycles. The maximum Gasteiger partial charge on any atom is 0.138 e. The van der Waals surface area contributed by atoms with Crippen LogP contribution in [0.5, 0.6) is 0 Å². The maximum absolute atomic E-state index is 11.4. The van der Waals surface area contributed by atoms with E-state index in [0.29, 0.717) is 12.8 Å². The van der Waals surface area contributed by atoms with Crippen molar-refractivity contribution >= 4 is 5.78 Å². The molecule has 0 rings (SSSR count). The Labute approximate surface area is 74.6 Å². The van der Waals surface area contributed by atoms with Crippen molar-refractivity contribution in [3.05, 3.63) is 0 Å². The molecule has 0 saturated carbocycles. The summed E-state index contributed by atoms with van der Waals surface area (Å²) in [5, 5.41) is 8.39. The van der Waals surface area contributed by atoms with Crippen molar-refractivity contribution < 1.29 is 4.79 Å². The van der Waals surface area contributed by atoms with Crippen molar-refractivity contribution in [1.82, 2.24) is 0 Å². The highest BCUT2D eigenvalue weighted by Crippen LogP contribution is 2.20. The Balaban J connectivity index is 3.95. The van der Waals surface area contributed by atoms with E-state index in [9.17, 15) is 4.79 Å². The quantitative estimate of drug-likeness (QED) is 0.648. The Bertz CT molecular complexity index is 195. The molecule has 0 N–H and O–H groups in total. The number of hydrogen-bond acceptors (Lipinski definition) is 2. The third-order valence-corrected chi connectivity index (χ3v) is 1.81. The molecule has 0 amide bonds. The molecular formula is C10H17NO. The van der Waals surface area contributed by atoms with E-state index >= 15 is 0 Å². The molecule has 12 heavy (non-hydrogen) atoms.